The van der Waals surface area contributed by atoms with Gasteiger partial charge in [-0.15, -0.1) is 0 Å². The van der Waals surface area contributed by atoms with Gasteiger partial charge in [-0.1, -0.05) is 0 Å². The van der Waals surface area contributed by atoms with Crippen molar-refractivity contribution in [1.82, 2.24) is 4.98 Å². The highest BCUT2D eigenvalue weighted by Gasteiger charge is 2.11. The molecule has 0 aliphatic carbocycles. The molecule has 0 radical (unpaired) electrons. The van der Waals surface area contributed by atoms with Gasteiger partial charge in [-0.3, -0.25) is 5.32 Å². The highest BCUT2D eigenvalue weighted by atomic mass is 16.5. The summed E-state index contributed by atoms with van der Waals surface area (Å²) in [6.07, 6.45) is -0.575. The number of amides is 1. The zero-order chi connectivity index (χ0) is 13.0. The van der Waals surface area contributed by atoms with E-state index >= 15 is 0 Å². The van der Waals surface area contributed by atoms with Crippen LogP contribution in [0.2, 0.25) is 0 Å². The third-order valence-electron chi connectivity index (χ3n) is 2.05. The fourth-order valence-corrected chi connectivity index (χ4v) is 1.27. The lowest BCUT2D eigenvalue weighted by Crippen LogP contribution is -2.17. The summed E-state index contributed by atoms with van der Waals surface area (Å²) < 4.78 is 4.74. The predicted molar refractivity (Wildman–Crippen MR) is 68.0 cm³/mol. The number of anilines is 4. The van der Waals surface area contributed by atoms with Crippen molar-refractivity contribution in [3.8, 4) is 0 Å². The number of hydrogen-bond acceptors (Lipinski definition) is 6. The van der Waals surface area contributed by atoms with Gasteiger partial charge in [0.2, 0.25) is 0 Å². The molecule has 5 N–H and O–H groups in total. The topological polar surface area (TPSA) is 106 Å². The van der Waals surface area contributed by atoms with E-state index in [0.717, 1.165) is 0 Å². The van der Waals surface area contributed by atoms with E-state index in [0.29, 0.717) is 17.2 Å². The lowest BCUT2D eigenvalue weighted by Gasteiger charge is -2.17. The van der Waals surface area contributed by atoms with Crippen LogP contribution in [0, 0.1) is 0 Å². The number of ether oxygens (including phenoxy) is 1. The molecule has 0 unspecified atom stereocenters. The van der Waals surface area contributed by atoms with Gasteiger partial charge in [0.05, 0.1) is 18.0 Å². The van der Waals surface area contributed by atoms with Crippen LogP contribution in [-0.2, 0) is 4.74 Å². The van der Waals surface area contributed by atoms with Crippen molar-refractivity contribution >= 4 is 29.1 Å². The van der Waals surface area contributed by atoms with Crippen molar-refractivity contribution in [2.24, 2.45) is 0 Å². The third kappa shape index (κ3) is 3.13. The van der Waals surface area contributed by atoms with Crippen LogP contribution in [0.25, 0.3) is 0 Å². The molecule has 7 heteroatoms. The lowest BCUT2D eigenvalue weighted by atomic mass is 10.3. The van der Waals surface area contributed by atoms with E-state index in [1.54, 1.807) is 17.9 Å². The molecular weight excluding hydrogens is 222 g/mol. The average Bonchev–Trinajstić information content (AvgIpc) is 2.23. The molecule has 1 aromatic heterocycles. The van der Waals surface area contributed by atoms with Gasteiger partial charge >= 0.3 is 6.09 Å². The molecule has 7 nitrogen and oxygen atoms in total. The van der Waals surface area contributed by atoms with E-state index in [-0.39, 0.29) is 12.4 Å². The molecule has 1 rings (SSSR count). The monoisotopic (exact) mass is 239 g/mol. The van der Waals surface area contributed by atoms with Crippen LogP contribution in [0.1, 0.15) is 6.92 Å². The first-order valence-electron chi connectivity index (χ1n) is 5.12. The van der Waals surface area contributed by atoms with E-state index in [1.807, 2.05) is 14.1 Å². The second-order valence-electron chi connectivity index (χ2n) is 3.57. The number of pyridine rings is 1. The molecule has 1 amide bonds. The van der Waals surface area contributed by atoms with Crippen molar-refractivity contribution in [2.75, 3.05) is 42.4 Å². The van der Waals surface area contributed by atoms with Crippen LogP contribution in [0.4, 0.5) is 27.8 Å². The van der Waals surface area contributed by atoms with Crippen LogP contribution in [0.15, 0.2) is 6.07 Å². The highest BCUT2D eigenvalue weighted by molar-refractivity contribution is 5.87. The number of nitrogens with zero attached hydrogens (tertiary/aromatic N) is 2. The van der Waals surface area contributed by atoms with Crippen molar-refractivity contribution < 1.29 is 9.53 Å². The van der Waals surface area contributed by atoms with Gasteiger partial charge in [0, 0.05) is 20.2 Å². The Balaban J connectivity index is 2.98. The van der Waals surface area contributed by atoms with E-state index in [1.165, 1.54) is 0 Å². The van der Waals surface area contributed by atoms with Crippen LogP contribution in [-0.4, -0.2) is 31.8 Å². The maximum absolute atomic E-state index is 11.2. The molecule has 1 aromatic rings. The summed E-state index contributed by atoms with van der Waals surface area (Å²) in [6.45, 7) is 2.01. The summed E-state index contributed by atoms with van der Waals surface area (Å²) in [6, 6.07) is 1.63. The first-order valence-corrected chi connectivity index (χ1v) is 5.12. The molecule has 94 valence electrons. The Morgan fingerprint density at radius 1 is 1.53 bits per heavy atom. The molecule has 1 heterocycles. The van der Waals surface area contributed by atoms with Crippen molar-refractivity contribution in [3.05, 3.63) is 6.07 Å². The first kappa shape index (κ1) is 12.9. The summed E-state index contributed by atoms with van der Waals surface area (Å²) in [5.74, 6) is 0.474. The summed E-state index contributed by atoms with van der Waals surface area (Å²) >= 11 is 0. The third-order valence-corrected chi connectivity index (χ3v) is 2.05. The number of nitrogens with one attached hydrogen (secondary N) is 1. The molecule has 0 bridgehead atoms. The Labute approximate surface area is 99.7 Å². The predicted octanol–water partition coefficient (Wildman–Crippen LogP) is 0.880. The molecule has 0 aromatic carbocycles. The summed E-state index contributed by atoms with van der Waals surface area (Å²) in [5.41, 5.74) is 12.5. The molecule has 0 aliphatic rings. The molecule has 0 fully saturated rings. The van der Waals surface area contributed by atoms with Gasteiger partial charge in [-0.05, 0) is 6.92 Å². The van der Waals surface area contributed by atoms with Crippen molar-refractivity contribution in [1.29, 1.82) is 0 Å². The molecule has 0 saturated carbocycles. The molecule has 0 atom stereocenters. The minimum Gasteiger partial charge on any atom is -0.450 e. The fourth-order valence-electron chi connectivity index (χ4n) is 1.27. The maximum atomic E-state index is 11.2. The van der Waals surface area contributed by atoms with Gasteiger partial charge in [0.1, 0.15) is 5.82 Å². The van der Waals surface area contributed by atoms with Crippen LogP contribution in [0.5, 0.6) is 0 Å². The Bertz CT molecular complexity index is 419. The Kier molecular flexibility index (Phi) is 3.97. The summed E-state index contributed by atoms with van der Waals surface area (Å²) in [4.78, 5) is 17.0. The van der Waals surface area contributed by atoms with Gasteiger partial charge in [0.25, 0.3) is 0 Å². The van der Waals surface area contributed by atoms with Crippen LogP contribution < -0.4 is 21.7 Å². The Morgan fingerprint density at radius 3 is 2.71 bits per heavy atom. The molecule has 0 aliphatic heterocycles. The summed E-state index contributed by atoms with van der Waals surface area (Å²) in [7, 11) is 3.64. The largest absolute Gasteiger partial charge is 0.450 e. The summed E-state index contributed by atoms with van der Waals surface area (Å²) in [5, 5.41) is 2.47. The van der Waals surface area contributed by atoms with E-state index in [4.69, 9.17) is 16.2 Å². The number of rotatable bonds is 3. The number of nitrogens with two attached hydrogens (primary N) is 2. The minimum absolute atomic E-state index is 0.169. The molecule has 0 spiro atoms. The number of carbonyl (C=O) groups excluding carboxylic acids is 1. The number of hydrogen-bond donors (Lipinski definition) is 3. The number of nitrogen functional groups attached to an aromatic ring is 2. The normalized spacial score (nSPS) is 9.82. The van der Waals surface area contributed by atoms with Crippen LogP contribution in [0.3, 0.4) is 0 Å². The highest BCUT2D eigenvalue weighted by Crippen LogP contribution is 2.28. The Hall–Kier alpha value is -2.18. The van der Waals surface area contributed by atoms with Gasteiger partial charge < -0.3 is 21.1 Å². The van der Waals surface area contributed by atoms with Crippen molar-refractivity contribution in [3.63, 3.8) is 0 Å². The first-order chi connectivity index (χ1) is 7.95. The molecular formula is C10H17N5O2. The zero-order valence-corrected chi connectivity index (χ0v) is 10.2. The standard InChI is InChI=1S/C10H17N5O2/c1-4-17-10(16)14-7-5-6(15(2)3)8(11)9(12)13-7/h5H,4,11H2,1-3H3,(H3,12,13,14,16). The smallest absolute Gasteiger partial charge is 0.412 e. The van der Waals surface area contributed by atoms with Gasteiger partial charge in [-0.25, -0.2) is 9.78 Å². The second kappa shape index (κ2) is 5.24. The molecule has 0 saturated heterocycles. The average molecular weight is 239 g/mol. The zero-order valence-electron chi connectivity index (χ0n) is 10.2. The van der Waals surface area contributed by atoms with E-state index in [2.05, 4.69) is 10.3 Å². The maximum Gasteiger partial charge on any atom is 0.412 e. The minimum atomic E-state index is -0.575. The van der Waals surface area contributed by atoms with Gasteiger partial charge in [-0.2, -0.15) is 0 Å². The van der Waals surface area contributed by atoms with Gasteiger partial charge in [0.15, 0.2) is 5.82 Å². The van der Waals surface area contributed by atoms with Crippen molar-refractivity contribution in [2.45, 2.75) is 6.92 Å². The second-order valence-corrected chi connectivity index (χ2v) is 3.57. The number of aromatic nitrogens is 1. The quantitative estimate of drug-likeness (QED) is 0.722. The fraction of sp³-hybridized carbons (Fsp3) is 0.400. The van der Waals surface area contributed by atoms with E-state index < -0.39 is 6.09 Å². The SMILES string of the molecule is CCOC(=O)Nc1cc(N(C)C)c(N)c(N)n1. The van der Waals surface area contributed by atoms with E-state index in [9.17, 15) is 4.79 Å². The molecule has 17 heavy (non-hydrogen) atoms. The Morgan fingerprint density at radius 2 is 2.18 bits per heavy atom. The lowest BCUT2D eigenvalue weighted by molar-refractivity contribution is 0.168. The number of carbonyl (C=O) groups is 1. The van der Waals surface area contributed by atoms with Crippen LogP contribution >= 0.6 is 0 Å².